The smallest absolute Gasteiger partial charge is 0.330 e. The minimum atomic E-state index is -0.879. The fourth-order valence-electron chi connectivity index (χ4n) is 2.44. The van der Waals surface area contributed by atoms with Gasteiger partial charge in [0.15, 0.2) is 0 Å². The van der Waals surface area contributed by atoms with Gasteiger partial charge in [-0.25, -0.2) is 4.79 Å². The third-order valence-electron chi connectivity index (χ3n) is 4.02. The first-order chi connectivity index (χ1) is 10.0. The maximum absolute atomic E-state index is 12.5. The van der Waals surface area contributed by atoms with E-state index in [9.17, 15) is 4.79 Å². The lowest BCUT2D eigenvalue weighted by molar-refractivity contribution is -0.151. The van der Waals surface area contributed by atoms with Crippen molar-refractivity contribution in [2.24, 2.45) is 5.92 Å². The van der Waals surface area contributed by atoms with E-state index in [1.807, 2.05) is 39.0 Å². The lowest BCUT2D eigenvalue weighted by Gasteiger charge is -2.30. The number of hydrogen-bond acceptors (Lipinski definition) is 4. The quantitative estimate of drug-likeness (QED) is 0.785. The largest absolute Gasteiger partial charge is 0.496 e. The monoisotopic (exact) mass is 291 g/mol. The molecule has 1 fully saturated rings. The normalized spacial score (nSPS) is 17.1. The molecule has 1 aliphatic carbocycles. The molecule has 1 atom stereocenters. The maximum atomic E-state index is 12.5. The van der Waals surface area contributed by atoms with E-state index in [-0.39, 0.29) is 5.97 Å². The van der Waals surface area contributed by atoms with Crippen LogP contribution in [0.4, 0.5) is 0 Å². The molecular formula is C17H25NO3. The summed E-state index contributed by atoms with van der Waals surface area (Å²) in [5, 5.41) is 3.41. The molecule has 0 spiro atoms. The molecule has 1 N–H and O–H groups in total. The van der Waals surface area contributed by atoms with Gasteiger partial charge in [0.1, 0.15) is 11.3 Å². The molecule has 2 rings (SSSR count). The standard InChI is InChI=1S/C17H25NO3/c1-5-21-16(19)17(3,18-11-13-7-8-13)14-10-12(2)6-9-15(14)20-4/h6,9-10,13,18H,5,7-8,11H2,1-4H3. The summed E-state index contributed by atoms with van der Waals surface area (Å²) in [5.41, 5.74) is 1.05. The molecular weight excluding hydrogens is 266 g/mol. The second kappa shape index (κ2) is 6.48. The third kappa shape index (κ3) is 3.56. The van der Waals surface area contributed by atoms with Gasteiger partial charge in [-0.3, -0.25) is 5.32 Å². The van der Waals surface area contributed by atoms with E-state index in [1.54, 1.807) is 7.11 Å². The Balaban J connectivity index is 2.36. The molecule has 0 bridgehead atoms. The van der Waals surface area contributed by atoms with E-state index in [4.69, 9.17) is 9.47 Å². The van der Waals surface area contributed by atoms with Crippen LogP contribution in [0.25, 0.3) is 0 Å². The van der Waals surface area contributed by atoms with Crippen LogP contribution in [0.5, 0.6) is 5.75 Å². The van der Waals surface area contributed by atoms with E-state index in [0.29, 0.717) is 18.3 Å². The fourth-order valence-corrected chi connectivity index (χ4v) is 2.44. The zero-order valence-electron chi connectivity index (χ0n) is 13.4. The maximum Gasteiger partial charge on any atom is 0.330 e. The Morgan fingerprint density at radius 3 is 2.71 bits per heavy atom. The van der Waals surface area contributed by atoms with Gasteiger partial charge in [-0.15, -0.1) is 0 Å². The van der Waals surface area contributed by atoms with Gasteiger partial charge in [-0.05, 0) is 58.2 Å². The van der Waals surface area contributed by atoms with Gasteiger partial charge in [0.2, 0.25) is 0 Å². The molecule has 0 heterocycles. The number of esters is 1. The molecule has 1 unspecified atom stereocenters. The summed E-state index contributed by atoms with van der Waals surface area (Å²) in [5.74, 6) is 1.13. The first-order valence-corrected chi connectivity index (χ1v) is 7.58. The Morgan fingerprint density at radius 1 is 1.43 bits per heavy atom. The van der Waals surface area contributed by atoms with Crippen molar-refractivity contribution in [3.8, 4) is 5.75 Å². The average Bonchev–Trinajstić information content (AvgIpc) is 3.29. The topological polar surface area (TPSA) is 47.6 Å². The summed E-state index contributed by atoms with van der Waals surface area (Å²) in [6.07, 6.45) is 2.47. The highest BCUT2D eigenvalue weighted by atomic mass is 16.5. The summed E-state index contributed by atoms with van der Waals surface area (Å²) >= 11 is 0. The van der Waals surface area contributed by atoms with Crippen LogP contribution in [-0.4, -0.2) is 26.2 Å². The number of benzene rings is 1. The molecule has 4 heteroatoms. The molecule has 0 saturated heterocycles. The van der Waals surface area contributed by atoms with Crippen molar-refractivity contribution in [3.63, 3.8) is 0 Å². The Morgan fingerprint density at radius 2 is 2.14 bits per heavy atom. The molecule has 4 nitrogen and oxygen atoms in total. The van der Waals surface area contributed by atoms with Crippen LogP contribution < -0.4 is 10.1 Å². The molecule has 0 radical (unpaired) electrons. The number of ether oxygens (including phenoxy) is 2. The molecule has 116 valence electrons. The van der Waals surface area contributed by atoms with Crippen LogP contribution >= 0.6 is 0 Å². The summed E-state index contributed by atoms with van der Waals surface area (Å²) in [4.78, 5) is 12.5. The summed E-state index contributed by atoms with van der Waals surface area (Å²) in [7, 11) is 1.63. The van der Waals surface area contributed by atoms with E-state index < -0.39 is 5.54 Å². The van der Waals surface area contributed by atoms with E-state index >= 15 is 0 Å². The highest BCUT2D eigenvalue weighted by Gasteiger charge is 2.40. The van der Waals surface area contributed by atoms with Gasteiger partial charge in [0.05, 0.1) is 13.7 Å². The third-order valence-corrected chi connectivity index (χ3v) is 4.02. The first-order valence-electron chi connectivity index (χ1n) is 7.58. The fraction of sp³-hybridized carbons (Fsp3) is 0.588. The lowest BCUT2D eigenvalue weighted by atomic mass is 9.89. The average molecular weight is 291 g/mol. The molecule has 1 aromatic rings. The van der Waals surface area contributed by atoms with Gasteiger partial charge in [-0.1, -0.05) is 11.6 Å². The highest BCUT2D eigenvalue weighted by Crippen LogP contribution is 2.34. The van der Waals surface area contributed by atoms with Gasteiger partial charge >= 0.3 is 5.97 Å². The number of carbonyl (C=O) groups excluding carboxylic acids is 1. The van der Waals surface area contributed by atoms with Gasteiger partial charge in [0.25, 0.3) is 0 Å². The Bertz CT molecular complexity index is 511. The van der Waals surface area contributed by atoms with Crippen LogP contribution in [0.1, 0.15) is 37.8 Å². The molecule has 21 heavy (non-hydrogen) atoms. The van der Waals surface area contributed by atoms with Crippen molar-refractivity contribution >= 4 is 5.97 Å². The van der Waals surface area contributed by atoms with Gasteiger partial charge in [0, 0.05) is 5.56 Å². The van der Waals surface area contributed by atoms with Crippen molar-refractivity contribution in [2.45, 2.75) is 39.2 Å². The van der Waals surface area contributed by atoms with E-state index in [1.165, 1.54) is 12.8 Å². The lowest BCUT2D eigenvalue weighted by Crippen LogP contribution is -2.48. The van der Waals surface area contributed by atoms with Crippen LogP contribution in [0.3, 0.4) is 0 Å². The first kappa shape index (κ1) is 15.8. The number of methoxy groups -OCH3 is 1. The van der Waals surface area contributed by atoms with Crippen molar-refractivity contribution in [1.29, 1.82) is 0 Å². The molecule has 0 aliphatic heterocycles. The summed E-state index contributed by atoms with van der Waals surface area (Å²) < 4.78 is 10.7. The highest BCUT2D eigenvalue weighted by molar-refractivity contribution is 5.83. The zero-order valence-corrected chi connectivity index (χ0v) is 13.4. The van der Waals surface area contributed by atoms with Gasteiger partial charge in [-0.2, -0.15) is 0 Å². The van der Waals surface area contributed by atoms with Crippen LogP contribution in [0.15, 0.2) is 18.2 Å². The van der Waals surface area contributed by atoms with Crippen molar-refractivity contribution < 1.29 is 14.3 Å². The molecule has 1 aromatic carbocycles. The second-order valence-electron chi connectivity index (χ2n) is 5.87. The predicted molar refractivity (Wildman–Crippen MR) is 82.4 cm³/mol. The molecule has 1 saturated carbocycles. The van der Waals surface area contributed by atoms with E-state index in [0.717, 1.165) is 17.7 Å². The SMILES string of the molecule is CCOC(=O)C(C)(NCC1CC1)c1cc(C)ccc1OC. The van der Waals surface area contributed by atoms with Crippen molar-refractivity contribution in [3.05, 3.63) is 29.3 Å². The predicted octanol–water partition coefficient (Wildman–Crippen LogP) is 2.78. The van der Waals surface area contributed by atoms with Gasteiger partial charge < -0.3 is 9.47 Å². The van der Waals surface area contributed by atoms with Crippen molar-refractivity contribution in [1.82, 2.24) is 5.32 Å². The van der Waals surface area contributed by atoms with E-state index in [2.05, 4.69) is 5.32 Å². The number of carbonyl (C=O) groups is 1. The second-order valence-corrected chi connectivity index (χ2v) is 5.87. The minimum Gasteiger partial charge on any atom is -0.496 e. The minimum absolute atomic E-state index is 0.255. The van der Waals surface area contributed by atoms with Crippen LogP contribution in [0.2, 0.25) is 0 Å². The Labute approximate surface area is 126 Å². The molecule has 0 amide bonds. The Kier molecular flexibility index (Phi) is 4.88. The zero-order chi connectivity index (χ0) is 15.5. The number of nitrogens with one attached hydrogen (secondary N) is 1. The number of hydrogen-bond donors (Lipinski definition) is 1. The number of rotatable bonds is 7. The van der Waals surface area contributed by atoms with Crippen LogP contribution in [0, 0.1) is 12.8 Å². The summed E-state index contributed by atoms with van der Waals surface area (Å²) in [6, 6.07) is 5.88. The molecule has 1 aliphatic rings. The number of aryl methyl sites for hydroxylation is 1. The molecule has 0 aromatic heterocycles. The van der Waals surface area contributed by atoms with Crippen molar-refractivity contribution in [2.75, 3.05) is 20.3 Å². The Hall–Kier alpha value is -1.55. The van der Waals surface area contributed by atoms with Crippen LogP contribution in [-0.2, 0) is 15.1 Å². The summed E-state index contributed by atoms with van der Waals surface area (Å²) in [6.45, 7) is 6.91.